The molecule has 2 aromatic carbocycles. The van der Waals surface area contributed by atoms with Gasteiger partial charge in [-0.05, 0) is 66.2 Å². The molecule has 0 saturated carbocycles. The summed E-state index contributed by atoms with van der Waals surface area (Å²) in [7, 11) is 0. The molecule has 4 nitrogen and oxygen atoms in total. The first-order valence-corrected chi connectivity index (χ1v) is 12.0. The highest BCUT2D eigenvalue weighted by Crippen LogP contribution is 2.41. The number of benzene rings is 2. The summed E-state index contributed by atoms with van der Waals surface area (Å²) in [6.45, 7) is 19.4. The van der Waals surface area contributed by atoms with E-state index in [1.54, 1.807) is 0 Å². The molecule has 1 aliphatic heterocycles. The van der Waals surface area contributed by atoms with Crippen molar-refractivity contribution in [1.82, 2.24) is 0 Å². The van der Waals surface area contributed by atoms with E-state index >= 15 is 0 Å². The van der Waals surface area contributed by atoms with Crippen LogP contribution in [-0.2, 0) is 17.4 Å². The SMILES string of the molecule is CCN1/C(=C/C=C/c2oc3ccc(C(C)(C)C)cc3[n+]2CC)Oc2ccc(C(C)(C)C)cc21. The zero-order valence-electron chi connectivity index (χ0n) is 21.3. The summed E-state index contributed by atoms with van der Waals surface area (Å²) < 4.78 is 14.6. The van der Waals surface area contributed by atoms with E-state index in [4.69, 9.17) is 9.15 Å². The topological polar surface area (TPSA) is 29.5 Å². The van der Waals surface area contributed by atoms with Crippen molar-refractivity contribution >= 4 is 22.9 Å². The van der Waals surface area contributed by atoms with Gasteiger partial charge < -0.3 is 14.1 Å². The molecule has 0 atom stereocenters. The highest BCUT2D eigenvalue weighted by molar-refractivity contribution is 5.72. The van der Waals surface area contributed by atoms with Gasteiger partial charge in [0.15, 0.2) is 5.75 Å². The molecule has 4 rings (SSSR count). The molecule has 2 heterocycles. The Kier molecular flexibility index (Phi) is 5.90. The molecule has 3 aromatic rings. The van der Waals surface area contributed by atoms with Crippen molar-refractivity contribution in [2.75, 3.05) is 11.4 Å². The third kappa shape index (κ3) is 4.44. The van der Waals surface area contributed by atoms with E-state index in [1.807, 2.05) is 18.2 Å². The van der Waals surface area contributed by atoms with Crippen molar-refractivity contribution in [2.24, 2.45) is 0 Å². The average molecular weight is 446 g/mol. The van der Waals surface area contributed by atoms with E-state index in [0.717, 1.165) is 47.4 Å². The third-order valence-corrected chi connectivity index (χ3v) is 6.30. The van der Waals surface area contributed by atoms with Crippen LogP contribution in [0.5, 0.6) is 5.75 Å². The number of oxazole rings is 1. The summed E-state index contributed by atoms with van der Waals surface area (Å²) in [6, 6.07) is 13.0. The Morgan fingerprint density at radius 3 is 2.21 bits per heavy atom. The first-order chi connectivity index (χ1) is 15.5. The number of aryl methyl sites for hydroxylation is 1. The number of hydrogen-bond acceptors (Lipinski definition) is 3. The van der Waals surface area contributed by atoms with Gasteiger partial charge in [0.1, 0.15) is 6.54 Å². The Bertz CT molecular complexity index is 1230. The minimum Gasteiger partial charge on any atom is -0.439 e. The van der Waals surface area contributed by atoms with Gasteiger partial charge in [-0.2, -0.15) is 4.57 Å². The molecule has 0 saturated heterocycles. The number of allylic oxidation sites excluding steroid dienone is 2. The Hall–Kier alpha value is -3.01. The minimum atomic E-state index is 0.0999. The number of fused-ring (bicyclic) bond motifs is 2. The summed E-state index contributed by atoms with van der Waals surface area (Å²) in [5.74, 6) is 2.58. The molecule has 0 aliphatic carbocycles. The summed E-state index contributed by atoms with van der Waals surface area (Å²) in [6.07, 6.45) is 6.06. The molecular weight excluding hydrogens is 408 g/mol. The largest absolute Gasteiger partial charge is 0.439 e. The second-order valence-corrected chi connectivity index (χ2v) is 10.8. The third-order valence-electron chi connectivity index (χ3n) is 6.30. The summed E-state index contributed by atoms with van der Waals surface area (Å²) in [5, 5.41) is 0. The minimum absolute atomic E-state index is 0.0999. The maximum Gasteiger partial charge on any atom is 0.374 e. The van der Waals surface area contributed by atoms with Crippen LogP contribution in [0.2, 0.25) is 0 Å². The Labute approximate surface area is 198 Å². The lowest BCUT2D eigenvalue weighted by Gasteiger charge is -2.21. The van der Waals surface area contributed by atoms with Crippen LogP contribution in [0.4, 0.5) is 5.69 Å². The van der Waals surface area contributed by atoms with Gasteiger partial charge in [0, 0.05) is 12.6 Å². The molecule has 4 heteroatoms. The molecule has 0 spiro atoms. The van der Waals surface area contributed by atoms with Gasteiger partial charge in [-0.1, -0.05) is 53.7 Å². The van der Waals surface area contributed by atoms with Crippen molar-refractivity contribution < 1.29 is 13.7 Å². The number of ether oxygens (including phenoxy) is 1. The lowest BCUT2D eigenvalue weighted by molar-refractivity contribution is -0.674. The number of nitrogens with zero attached hydrogens (tertiary/aromatic N) is 2. The highest BCUT2D eigenvalue weighted by Gasteiger charge is 2.27. The molecule has 1 aromatic heterocycles. The van der Waals surface area contributed by atoms with Crippen molar-refractivity contribution in [2.45, 2.75) is 72.8 Å². The number of aromatic nitrogens is 1. The predicted octanol–water partition coefficient (Wildman–Crippen LogP) is 7.11. The number of rotatable bonds is 4. The van der Waals surface area contributed by atoms with Crippen LogP contribution in [0.15, 0.2) is 58.9 Å². The van der Waals surface area contributed by atoms with Crippen LogP contribution in [0.25, 0.3) is 17.2 Å². The highest BCUT2D eigenvalue weighted by atomic mass is 16.5. The second kappa shape index (κ2) is 8.40. The molecule has 0 radical (unpaired) electrons. The van der Waals surface area contributed by atoms with Crippen molar-refractivity contribution in [1.29, 1.82) is 0 Å². The van der Waals surface area contributed by atoms with Gasteiger partial charge in [0.05, 0.1) is 11.8 Å². The van der Waals surface area contributed by atoms with Gasteiger partial charge in [-0.3, -0.25) is 0 Å². The zero-order chi connectivity index (χ0) is 24.0. The monoisotopic (exact) mass is 445 g/mol. The van der Waals surface area contributed by atoms with Crippen LogP contribution in [-0.4, -0.2) is 6.54 Å². The fraction of sp³-hybridized carbons (Fsp3) is 0.414. The van der Waals surface area contributed by atoms with Gasteiger partial charge in [0.25, 0.3) is 5.52 Å². The van der Waals surface area contributed by atoms with Gasteiger partial charge in [-0.25, -0.2) is 0 Å². The first-order valence-electron chi connectivity index (χ1n) is 12.0. The fourth-order valence-electron chi connectivity index (χ4n) is 4.25. The van der Waals surface area contributed by atoms with E-state index in [9.17, 15) is 0 Å². The van der Waals surface area contributed by atoms with E-state index in [1.165, 1.54) is 11.1 Å². The zero-order valence-corrected chi connectivity index (χ0v) is 21.3. The lowest BCUT2D eigenvalue weighted by Crippen LogP contribution is -2.33. The van der Waals surface area contributed by atoms with Crippen LogP contribution in [0.3, 0.4) is 0 Å². The first kappa shape index (κ1) is 23.2. The maximum absolute atomic E-state index is 6.18. The van der Waals surface area contributed by atoms with Crippen LogP contribution < -0.4 is 14.2 Å². The van der Waals surface area contributed by atoms with Gasteiger partial charge >= 0.3 is 5.89 Å². The summed E-state index contributed by atoms with van der Waals surface area (Å²) >= 11 is 0. The number of anilines is 1. The van der Waals surface area contributed by atoms with E-state index in [2.05, 4.69) is 101 Å². The van der Waals surface area contributed by atoms with Crippen LogP contribution in [0.1, 0.15) is 72.4 Å². The van der Waals surface area contributed by atoms with Gasteiger partial charge in [0.2, 0.25) is 11.5 Å². The maximum atomic E-state index is 6.18. The van der Waals surface area contributed by atoms with Crippen molar-refractivity contribution in [3.8, 4) is 5.75 Å². The smallest absolute Gasteiger partial charge is 0.374 e. The molecule has 0 fully saturated rings. The Balaban J connectivity index is 1.64. The summed E-state index contributed by atoms with van der Waals surface area (Å²) in [4.78, 5) is 2.22. The molecular formula is C29H37N2O2+. The van der Waals surface area contributed by atoms with Gasteiger partial charge in [-0.15, -0.1) is 0 Å². The molecule has 0 amide bonds. The van der Waals surface area contributed by atoms with Crippen LogP contribution in [0, 0.1) is 0 Å². The molecule has 0 bridgehead atoms. The van der Waals surface area contributed by atoms with Crippen molar-refractivity contribution in [3.63, 3.8) is 0 Å². The molecule has 33 heavy (non-hydrogen) atoms. The summed E-state index contributed by atoms with van der Waals surface area (Å²) in [5.41, 5.74) is 5.98. The lowest BCUT2D eigenvalue weighted by atomic mass is 9.87. The van der Waals surface area contributed by atoms with Crippen molar-refractivity contribution in [3.05, 3.63) is 71.5 Å². The standard InChI is InChI=1S/C29H37N2O2/c1-9-30-22-18-20(28(3,4)5)14-16-24(22)32-26(30)12-11-13-27-31(10-2)23-19-21(29(6,7)8)15-17-25(23)33-27/h11-19H,9-10H2,1-8H3/q+1. The number of hydrogen-bond donors (Lipinski definition) is 0. The van der Waals surface area contributed by atoms with E-state index in [0.29, 0.717) is 0 Å². The molecule has 0 N–H and O–H groups in total. The van der Waals surface area contributed by atoms with Crippen LogP contribution >= 0.6 is 0 Å². The molecule has 0 unspecified atom stereocenters. The quantitative estimate of drug-likeness (QED) is 0.401. The molecule has 1 aliphatic rings. The normalized spacial score (nSPS) is 15.6. The Morgan fingerprint density at radius 1 is 0.909 bits per heavy atom. The van der Waals surface area contributed by atoms with E-state index < -0.39 is 0 Å². The second-order valence-electron chi connectivity index (χ2n) is 10.8. The fourth-order valence-corrected chi connectivity index (χ4v) is 4.25. The predicted molar refractivity (Wildman–Crippen MR) is 137 cm³/mol. The molecule has 174 valence electrons. The average Bonchev–Trinajstić information content (AvgIpc) is 3.28. The van der Waals surface area contributed by atoms with E-state index in [-0.39, 0.29) is 10.8 Å². The Morgan fingerprint density at radius 2 is 1.58 bits per heavy atom.